The molecule has 102 valence electrons. The van der Waals surface area contributed by atoms with Crippen LogP contribution < -0.4 is 5.32 Å². The summed E-state index contributed by atoms with van der Waals surface area (Å²) >= 11 is 0. The Morgan fingerprint density at radius 2 is 2.00 bits per heavy atom. The molecule has 1 atom stereocenters. The highest BCUT2D eigenvalue weighted by atomic mass is 16.5. The van der Waals surface area contributed by atoms with E-state index in [1.165, 1.54) is 51.5 Å². The molecule has 1 N–H and O–H groups in total. The molecular formula is C15H31NO. The van der Waals surface area contributed by atoms with Crippen LogP contribution in [0, 0.1) is 11.3 Å². The van der Waals surface area contributed by atoms with Gasteiger partial charge in [-0.2, -0.15) is 0 Å². The molecule has 2 heteroatoms. The van der Waals surface area contributed by atoms with Crippen LogP contribution in [-0.2, 0) is 4.74 Å². The van der Waals surface area contributed by atoms with Crippen molar-refractivity contribution in [1.29, 1.82) is 0 Å². The third kappa shape index (κ3) is 5.87. The normalized spacial score (nSPS) is 19.2. The molecule has 1 fully saturated rings. The highest BCUT2D eigenvalue weighted by Gasteiger charge is 2.40. The second-order valence-electron chi connectivity index (χ2n) is 5.91. The van der Waals surface area contributed by atoms with Crippen LogP contribution in [0.2, 0.25) is 0 Å². The minimum Gasteiger partial charge on any atom is -0.383 e. The molecule has 0 aromatic heterocycles. The van der Waals surface area contributed by atoms with E-state index in [1.807, 2.05) is 0 Å². The van der Waals surface area contributed by atoms with E-state index < -0.39 is 0 Å². The maximum Gasteiger partial charge on any atom is 0.0587 e. The van der Waals surface area contributed by atoms with Crippen LogP contribution >= 0.6 is 0 Å². The van der Waals surface area contributed by atoms with Crippen LogP contribution in [0.5, 0.6) is 0 Å². The van der Waals surface area contributed by atoms with Gasteiger partial charge in [0.05, 0.1) is 6.61 Å². The van der Waals surface area contributed by atoms with Crippen molar-refractivity contribution in [3.63, 3.8) is 0 Å². The Morgan fingerprint density at radius 1 is 1.24 bits per heavy atom. The first kappa shape index (κ1) is 15.0. The molecule has 0 aromatic carbocycles. The summed E-state index contributed by atoms with van der Waals surface area (Å²) in [6.45, 7) is 7.76. The van der Waals surface area contributed by atoms with Gasteiger partial charge in [0.2, 0.25) is 0 Å². The van der Waals surface area contributed by atoms with Gasteiger partial charge in [-0.1, -0.05) is 39.5 Å². The number of rotatable bonds is 11. The summed E-state index contributed by atoms with van der Waals surface area (Å²) in [6, 6.07) is 0. The van der Waals surface area contributed by atoms with Gasteiger partial charge in [-0.3, -0.25) is 0 Å². The minimum atomic E-state index is 0.543. The molecule has 1 unspecified atom stereocenters. The van der Waals surface area contributed by atoms with E-state index in [0.29, 0.717) is 5.41 Å². The molecular weight excluding hydrogens is 210 g/mol. The Labute approximate surface area is 108 Å². The number of unbranched alkanes of at least 4 members (excludes halogenated alkanes) is 3. The number of hydrogen-bond acceptors (Lipinski definition) is 2. The molecule has 0 amide bonds. The zero-order chi connectivity index (χ0) is 12.6. The standard InChI is InChI=1S/C15H31NO/c1-4-5-6-7-10-15(2,14-8-9-14)13-16-11-12-17-3/h14,16H,4-13H2,1-3H3. The summed E-state index contributed by atoms with van der Waals surface area (Å²) in [4.78, 5) is 0. The van der Waals surface area contributed by atoms with Crippen molar-refractivity contribution in [2.45, 2.75) is 58.8 Å². The third-order valence-corrected chi connectivity index (χ3v) is 4.18. The summed E-state index contributed by atoms with van der Waals surface area (Å²) in [6.07, 6.45) is 9.87. The lowest BCUT2D eigenvalue weighted by Crippen LogP contribution is -2.35. The fraction of sp³-hybridized carbons (Fsp3) is 1.00. The molecule has 1 rings (SSSR count). The summed E-state index contributed by atoms with van der Waals surface area (Å²) in [5, 5.41) is 3.56. The predicted octanol–water partition coefficient (Wildman–Crippen LogP) is 3.61. The molecule has 0 saturated heterocycles. The lowest BCUT2D eigenvalue weighted by atomic mass is 9.79. The van der Waals surface area contributed by atoms with Gasteiger partial charge in [0.1, 0.15) is 0 Å². The van der Waals surface area contributed by atoms with Gasteiger partial charge in [0.15, 0.2) is 0 Å². The smallest absolute Gasteiger partial charge is 0.0587 e. The molecule has 0 bridgehead atoms. The van der Waals surface area contributed by atoms with Crippen molar-refractivity contribution in [3.8, 4) is 0 Å². The van der Waals surface area contributed by atoms with Crippen LogP contribution in [0.4, 0.5) is 0 Å². The molecule has 1 aliphatic rings. The van der Waals surface area contributed by atoms with Gasteiger partial charge in [-0.05, 0) is 30.6 Å². The quantitative estimate of drug-likeness (QED) is 0.558. The van der Waals surface area contributed by atoms with E-state index in [0.717, 1.165) is 19.1 Å². The molecule has 0 heterocycles. The number of hydrogen-bond donors (Lipinski definition) is 1. The Balaban J connectivity index is 2.19. The average molecular weight is 241 g/mol. The Morgan fingerprint density at radius 3 is 2.59 bits per heavy atom. The van der Waals surface area contributed by atoms with E-state index >= 15 is 0 Å². The highest BCUT2D eigenvalue weighted by molar-refractivity contribution is 4.92. The molecule has 1 aliphatic carbocycles. The van der Waals surface area contributed by atoms with E-state index in [1.54, 1.807) is 7.11 Å². The molecule has 0 aliphatic heterocycles. The lowest BCUT2D eigenvalue weighted by Gasteiger charge is -2.30. The topological polar surface area (TPSA) is 21.3 Å². The van der Waals surface area contributed by atoms with Crippen molar-refractivity contribution >= 4 is 0 Å². The summed E-state index contributed by atoms with van der Waals surface area (Å²) in [5.41, 5.74) is 0.543. The highest BCUT2D eigenvalue weighted by Crippen LogP contribution is 2.48. The van der Waals surface area contributed by atoms with Crippen LogP contribution in [0.15, 0.2) is 0 Å². The maximum absolute atomic E-state index is 5.08. The monoisotopic (exact) mass is 241 g/mol. The zero-order valence-electron chi connectivity index (χ0n) is 12.1. The molecule has 17 heavy (non-hydrogen) atoms. The van der Waals surface area contributed by atoms with E-state index in [9.17, 15) is 0 Å². The summed E-state index contributed by atoms with van der Waals surface area (Å²) < 4.78 is 5.08. The van der Waals surface area contributed by atoms with E-state index in [-0.39, 0.29) is 0 Å². The largest absolute Gasteiger partial charge is 0.383 e. The second kappa shape index (κ2) is 8.10. The Kier molecular flexibility index (Phi) is 7.14. The van der Waals surface area contributed by atoms with Crippen molar-refractivity contribution in [1.82, 2.24) is 5.32 Å². The van der Waals surface area contributed by atoms with Gasteiger partial charge < -0.3 is 10.1 Å². The minimum absolute atomic E-state index is 0.543. The summed E-state index contributed by atoms with van der Waals surface area (Å²) in [5.74, 6) is 0.985. The second-order valence-corrected chi connectivity index (χ2v) is 5.91. The lowest BCUT2D eigenvalue weighted by molar-refractivity contribution is 0.182. The first-order valence-electron chi connectivity index (χ1n) is 7.42. The first-order valence-corrected chi connectivity index (χ1v) is 7.42. The average Bonchev–Trinajstić information content (AvgIpc) is 3.15. The van der Waals surface area contributed by atoms with Crippen LogP contribution in [-0.4, -0.2) is 26.8 Å². The van der Waals surface area contributed by atoms with Gasteiger partial charge in [-0.25, -0.2) is 0 Å². The fourth-order valence-electron chi connectivity index (χ4n) is 2.72. The number of methoxy groups -OCH3 is 1. The molecule has 2 nitrogen and oxygen atoms in total. The van der Waals surface area contributed by atoms with Crippen LogP contribution in [0.3, 0.4) is 0 Å². The van der Waals surface area contributed by atoms with Crippen molar-refractivity contribution in [2.75, 3.05) is 26.8 Å². The van der Waals surface area contributed by atoms with E-state index in [4.69, 9.17) is 4.74 Å². The van der Waals surface area contributed by atoms with Crippen molar-refractivity contribution in [3.05, 3.63) is 0 Å². The maximum atomic E-state index is 5.08. The van der Waals surface area contributed by atoms with Crippen molar-refractivity contribution < 1.29 is 4.74 Å². The molecule has 0 spiro atoms. The van der Waals surface area contributed by atoms with Gasteiger partial charge >= 0.3 is 0 Å². The van der Waals surface area contributed by atoms with Crippen LogP contribution in [0.25, 0.3) is 0 Å². The number of ether oxygens (including phenoxy) is 1. The molecule has 1 saturated carbocycles. The first-order chi connectivity index (χ1) is 8.23. The zero-order valence-corrected chi connectivity index (χ0v) is 12.1. The van der Waals surface area contributed by atoms with E-state index in [2.05, 4.69) is 19.2 Å². The van der Waals surface area contributed by atoms with Crippen molar-refractivity contribution in [2.24, 2.45) is 11.3 Å². The Hall–Kier alpha value is -0.0800. The predicted molar refractivity (Wildman–Crippen MR) is 74.3 cm³/mol. The van der Waals surface area contributed by atoms with Gasteiger partial charge in [0.25, 0.3) is 0 Å². The third-order valence-electron chi connectivity index (χ3n) is 4.18. The Bertz CT molecular complexity index is 177. The van der Waals surface area contributed by atoms with Gasteiger partial charge in [-0.15, -0.1) is 0 Å². The van der Waals surface area contributed by atoms with Crippen LogP contribution in [0.1, 0.15) is 58.8 Å². The molecule has 0 aromatic rings. The van der Waals surface area contributed by atoms with Gasteiger partial charge in [0, 0.05) is 20.2 Å². The summed E-state index contributed by atoms with van der Waals surface area (Å²) in [7, 11) is 1.77. The fourth-order valence-corrected chi connectivity index (χ4v) is 2.72. The number of nitrogens with one attached hydrogen (secondary N) is 1. The molecule has 0 radical (unpaired) electrons. The SMILES string of the molecule is CCCCCCC(C)(CNCCOC)C1CC1.